The quantitative estimate of drug-likeness (QED) is 0.761. The number of carbonyl (C=O) groups is 1. The Hall–Kier alpha value is -0.530. The first-order valence-electron chi connectivity index (χ1n) is 6.55. The van der Waals surface area contributed by atoms with Gasteiger partial charge in [-0.1, -0.05) is 32.6 Å². The van der Waals surface area contributed by atoms with Crippen molar-refractivity contribution in [1.82, 2.24) is 5.32 Å². The minimum atomic E-state index is 0.306. The Bertz CT molecular complexity index is 221. The molecule has 2 rings (SSSR count). The Balaban J connectivity index is 1.71. The summed E-state index contributed by atoms with van der Waals surface area (Å²) >= 11 is 0. The number of nitrogens with one attached hydrogen (secondary N) is 1. The van der Waals surface area contributed by atoms with Gasteiger partial charge in [-0.2, -0.15) is 0 Å². The van der Waals surface area contributed by atoms with Gasteiger partial charge in [0.15, 0.2) is 0 Å². The van der Waals surface area contributed by atoms with Crippen molar-refractivity contribution >= 4 is 5.91 Å². The minimum absolute atomic E-state index is 0.306. The molecule has 0 aromatic rings. The van der Waals surface area contributed by atoms with Gasteiger partial charge in [0.2, 0.25) is 5.91 Å². The number of amides is 1. The lowest BCUT2D eigenvalue weighted by atomic mass is 9.94. The summed E-state index contributed by atoms with van der Waals surface area (Å²) in [7, 11) is 0. The number of hydrogen-bond donors (Lipinski definition) is 1. The topological polar surface area (TPSA) is 29.1 Å². The third kappa shape index (κ3) is 2.96. The van der Waals surface area contributed by atoms with Crippen LogP contribution in [0.25, 0.3) is 0 Å². The lowest BCUT2D eigenvalue weighted by Gasteiger charge is -2.17. The molecule has 2 aliphatic rings. The smallest absolute Gasteiger partial charge is 0.220 e. The van der Waals surface area contributed by atoms with E-state index in [4.69, 9.17) is 0 Å². The zero-order valence-electron chi connectivity index (χ0n) is 9.80. The van der Waals surface area contributed by atoms with E-state index in [0.29, 0.717) is 17.9 Å². The molecular weight excluding hydrogens is 186 g/mol. The van der Waals surface area contributed by atoms with Gasteiger partial charge in [0.25, 0.3) is 0 Å². The van der Waals surface area contributed by atoms with Crippen LogP contribution in [0.5, 0.6) is 0 Å². The summed E-state index contributed by atoms with van der Waals surface area (Å²) in [5.41, 5.74) is 0. The summed E-state index contributed by atoms with van der Waals surface area (Å²) in [4.78, 5) is 11.8. The largest absolute Gasteiger partial charge is 0.353 e. The molecule has 0 radical (unpaired) electrons. The maximum absolute atomic E-state index is 11.8. The highest BCUT2D eigenvalue weighted by atomic mass is 16.1. The lowest BCUT2D eigenvalue weighted by Crippen LogP contribution is -2.34. The monoisotopic (exact) mass is 209 g/mol. The summed E-state index contributed by atoms with van der Waals surface area (Å²) in [5.74, 6) is 1.73. The van der Waals surface area contributed by atoms with Gasteiger partial charge in [0, 0.05) is 12.5 Å². The maximum atomic E-state index is 11.8. The van der Waals surface area contributed by atoms with E-state index in [1.165, 1.54) is 44.9 Å². The highest BCUT2D eigenvalue weighted by molar-refractivity contribution is 5.76. The van der Waals surface area contributed by atoms with Crippen LogP contribution in [0.4, 0.5) is 0 Å². The van der Waals surface area contributed by atoms with Crippen molar-refractivity contribution in [3.63, 3.8) is 0 Å². The van der Waals surface area contributed by atoms with E-state index in [-0.39, 0.29) is 0 Å². The molecule has 0 heterocycles. The standard InChI is InChI=1S/C13H23NO/c1-10-5-4-6-11(10)9-13(15)14-12-7-2-3-8-12/h10-12H,2-9H2,1H3,(H,14,15)/t10-,11?/m1/s1. The van der Waals surface area contributed by atoms with Crippen molar-refractivity contribution in [3.8, 4) is 0 Å². The molecule has 0 spiro atoms. The second kappa shape index (κ2) is 5.00. The van der Waals surface area contributed by atoms with E-state index in [2.05, 4.69) is 12.2 Å². The number of rotatable bonds is 3. The Morgan fingerprint density at radius 1 is 1.13 bits per heavy atom. The highest BCUT2D eigenvalue weighted by Crippen LogP contribution is 2.33. The average molecular weight is 209 g/mol. The van der Waals surface area contributed by atoms with Gasteiger partial charge in [-0.15, -0.1) is 0 Å². The van der Waals surface area contributed by atoms with Gasteiger partial charge in [-0.25, -0.2) is 0 Å². The maximum Gasteiger partial charge on any atom is 0.220 e. The van der Waals surface area contributed by atoms with Crippen LogP contribution in [0.15, 0.2) is 0 Å². The van der Waals surface area contributed by atoms with Crippen LogP contribution < -0.4 is 5.32 Å². The SMILES string of the molecule is C[C@@H]1CCCC1CC(=O)NC1CCCC1. The second-order valence-corrected chi connectivity index (χ2v) is 5.42. The van der Waals surface area contributed by atoms with Crippen molar-refractivity contribution in [3.05, 3.63) is 0 Å². The van der Waals surface area contributed by atoms with Crippen molar-refractivity contribution < 1.29 is 4.79 Å². The summed E-state index contributed by atoms with van der Waals surface area (Å²) < 4.78 is 0. The summed E-state index contributed by atoms with van der Waals surface area (Å²) in [6, 6.07) is 0.495. The van der Waals surface area contributed by atoms with Crippen LogP contribution in [0.3, 0.4) is 0 Å². The lowest BCUT2D eigenvalue weighted by molar-refractivity contribution is -0.122. The molecule has 1 amide bonds. The molecular formula is C13H23NO. The van der Waals surface area contributed by atoms with E-state index in [1.807, 2.05) is 0 Å². The molecule has 1 N–H and O–H groups in total. The van der Waals surface area contributed by atoms with Crippen LogP contribution in [-0.2, 0) is 4.79 Å². The first-order valence-corrected chi connectivity index (χ1v) is 6.55. The van der Waals surface area contributed by atoms with Gasteiger partial charge in [0.1, 0.15) is 0 Å². The molecule has 2 aliphatic carbocycles. The molecule has 2 saturated carbocycles. The fourth-order valence-corrected chi connectivity index (χ4v) is 3.12. The van der Waals surface area contributed by atoms with Crippen LogP contribution in [0, 0.1) is 11.8 Å². The zero-order valence-corrected chi connectivity index (χ0v) is 9.80. The van der Waals surface area contributed by atoms with Gasteiger partial charge in [-0.05, 0) is 31.1 Å². The van der Waals surface area contributed by atoms with E-state index >= 15 is 0 Å². The molecule has 2 fully saturated rings. The van der Waals surface area contributed by atoms with Gasteiger partial charge >= 0.3 is 0 Å². The Kier molecular flexibility index (Phi) is 3.66. The Morgan fingerprint density at radius 3 is 2.47 bits per heavy atom. The zero-order chi connectivity index (χ0) is 10.7. The number of carbonyl (C=O) groups excluding carboxylic acids is 1. The molecule has 15 heavy (non-hydrogen) atoms. The van der Waals surface area contributed by atoms with Gasteiger partial charge in [-0.3, -0.25) is 4.79 Å². The van der Waals surface area contributed by atoms with E-state index < -0.39 is 0 Å². The molecule has 2 nitrogen and oxygen atoms in total. The average Bonchev–Trinajstić information content (AvgIpc) is 2.79. The molecule has 0 aromatic heterocycles. The predicted molar refractivity (Wildman–Crippen MR) is 61.5 cm³/mol. The molecule has 0 aromatic carbocycles. The van der Waals surface area contributed by atoms with Gasteiger partial charge < -0.3 is 5.32 Å². The van der Waals surface area contributed by atoms with Crippen LogP contribution >= 0.6 is 0 Å². The summed E-state index contributed by atoms with van der Waals surface area (Å²) in [6.45, 7) is 2.29. The molecule has 0 aliphatic heterocycles. The fraction of sp³-hybridized carbons (Fsp3) is 0.923. The Labute approximate surface area is 92.8 Å². The predicted octanol–water partition coefficient (Wildman–Crippen LogP) is 2.87. The van der Waals surface area contributed by atoms with Crippen molar-refractivity contribution in [2.75, 3.05) is 0 Å². The normalized spacial score (nSPS) is 32.1. The van der Waals surface area contributed by atoms with Gasteiger partial charge in [0.05, 0.1) is 0 Å². The number of hydrogen-bond acceptors (Lipinski definition) is 1. The van der Waals surface area contributed by atoms with Crippen LogP contribution in [0.1, 0.15) is 58.3 Å². The van der Waals surface area contributed by atoms with Crippen molar-refractivity contribution in [2.45, 2.75) is 64.3 Å². The van der Waals surface area contributed by atoms with E-state index in [9.17, 15) is 4.79 Å². The van der Waals surface area contributed by atoms with Crippen molar-refractivity contribution in [2.24, 2.45) is 11.8 Å². The fourth-order valence-electron chi connectivity index (χ4n) is 3.12. The Morgan fingerprint density at radius 2 is 1.87 bits per heavy atom. The third-order valence-corrected chi connectivity index (χ3v) is 4.21. The third-order valence-electron chi connectivity index (χ3n) is 4.21. The van der Waals surface area contributed by atoms with E-state index in [0.717, 1.165) is 12.3 Å². The van der Waals surface area contributed by atoms with Crippen LogP contribution in [-0.4, -0.2) is 11.9 Å². The second-order valence-electron chi connectivity index (χ2n) is 5.42. The first kappa shape index (κ1) is 11.0. The molecule has 0 saturated heterocycles. The van der Waals surface area contributed by atoms with Crippen molar-refractivity contribution in [1.29, 1.82) is 0 Å². The molecule has 2 heteroatoms. The minimum Gasteiger partial charge on any atom is -0.353 e. The van der Waals surface area contributed by atoms with Crippen LogP contribution in [0.2, 0.25) is 0 Å². The highest BCUT2D eigenvalue weighted by Gasteiger charge is 2.26. The summed E-state index contributed by atoms with van der Waals surface area (Å²) in [6.07, 6.45) is 9.67. The summed E-state index contributed by atoms with van der Waals surface area (Å²) in [5, 5.41) is 3.19. The van der Waals surface area contributed by atoms with E-state index in [1.54, 1.807) is 0 Å². The first-order chi connectivity index (χ1) is 7.25. The molecule has 2 atom stereocenters. The molecule has 0 bridgehead atoms. The molecule has 86 valence electrons. The molecule has 1 unspecified atom stereocenters.